The first kappa shape index (κ1) is 15.0. The molecule has 0 spiro atoms. The smallest absolute Gasteiger partial charge is 0.408 e. The van der Waals surface area contributed by atoms with E-state index in [1.165, 1.54) is 6.42 Å². The molecule has 0 aliphatic heterocycles. The summed E-state index contributed by atoms with van der Waals surface area (Å²) in [6.07, 6.45) is 4.64. The van der Waals surface area contributed by atoms with Crippen LogP contribution in [0.2, 0.25) is 0 Å². The van der Waals surface area contributed by atoms with Crippen molar-refractivity contribution in [2.24, 2.45) is 5.92 Å². The Bertz CT molecular complexity index is 301. The second-order valence-electron chi connectivity index (χ2n) is 5.94. The number of Topliss-reactive ketones (excluding diaryl/α,β-unsaturated/α-hetero) is 1. The van der Waals surface area contributed by atoms with Gasteiger partial charge in [-0.1, -0.05) is 19.3 Å². The molecule has 0 aromatic carbocycles. The first-order chi connectivity index (χ1) is 8.29. The summed E-state index contributed by atoms with van der Waals surface area (Å²) < 4.78 is 5.10. The number of carbonyl (C=O) groups excluding carboxylic acids is 2. The average molecular weight is 254 g/mol. The Balaban J connectivity index is 2.41. The first-order valence-electron chi connectivity index (χ1n) is 6.66. The van der Waals surface area contributed by atoms with Crippen molar-refractivity contribution in [3.63, 3.8) is 0 Å². The Morgan fingerprint density at radius 3 is 2.28 bits per heavy atom. The highest BCUT2D eigenvalue weighted by Gasteiger charge is 2.27. The van der Waals surface area contributed by atoms with E-state index >= 15 is 0 Å². The van der Waals surface area contributed by atoms with Crippen LogP contribution in [0.3, 0.4) is 0 Å². The highest BCUT2D eigenvalue weighted by atomic mass is 16.6. The predicted molar refractivity (Wildman–Crippen MR) is 70.1 cm³/mol. The molecule has 103 valence electrons. The van der Waals surface area contributed by atoms with Gasteiger partial charge in [0.1, 0.15) is 5.60 Å². The van der Waals surface area contributed by atoms with Gasteiger partial charge >= 0.3 is 6.09 Å². The molecule has 4 heteroatoms. The molecule has 0 saturated heterocycles. The summed E-state index contributed by atoms with van der Waals surface area (Å²) in [5.41, 5.74) is -0.558. The standard InChI is InChI=1S/C14H24NO3/c1-10(15-13(17)18-14(2,3)4)12(16)11-8-6-5-7-9-11/h10-11H,1,5-9H2,2-4H3,(H,15,17)/t10-/m0/s1. The van der Waals surface area contributed by atoms with Crippen LogP contribution in [0.5, 0.6) is 0 Å². The van der Waals surface area contributed by atoms with Crippen LogP contribution in [0.1, 0.15) is 52.9 Å². The maximum Gasteiger partial charge on any atom is 0.408 e. The minimum atomic E-state index is -0.706. The van der Waals surface area contributed by atoms with Gasteiger partial charge in [-0.25, -0.2) is 4.79 Å². The van der Waals surface area contributed by atoms with Crippen LogP contribution in [-0.4, -0.2) is 23.5 Å². The van der Waals surface area contributed by atoms with Gasteiger partial charge < -0.3 is 10.1 Å². The number of rotatable bonds is 3. The highest BCUT2D eigenvalue weighted by molar-refractivity contribution is 5.89. The van der Waals surface area contributed by atoms with E-state index in [4.69, 9.17) is 4.74 Å². The second kappa shape index (κ2) is 6.21. The van der Waals surface area contributed by atoms with Crippen molar-refractivity contribution in [2.45, 2.75) is 64.5 Å². The summed E-state index contributed by atoms with van der Waals surface area (Å²) in [4.78, 5) is 23.6. The summed E-state index contributed by atoms with van der Waals surface area (Å²) in [6.45, 7) is 9.08. The van der Waals surface area contributed by atoms with Crippen molar-refractivity contribution >= 4 is 11.9 Å². The first-order valence-corrected chi connectivity index (χ1v) is 6.66. The van der Waals surface area contributed by atoms with Crippen LogP contribution >= 0.6 is 0 Å². The van der Waals surface area contributed by atoms with Gasteiger partial charge in [-0.2, -0.15) is 0 Å². The van der Waals surface area contributed by atoms with E-state index in [-0.39, 0.29) is 11.7 Å². The number of ketones is 1. The zero-order chi connectivity index (χ0) is 13.8. The summed E-state index contributed by atoms with van der Waals surface area (Å²) in [6, 6.07) is -0.706. The summed E-state index contributed by atoms with van der Waals surface area (Å²) in [5, 5.41) is 2.51. The zero-order valence-electron chi connectivity index (χ0n) is 11.6. The third-order valence-corrected chi connectivity index (χ3v) is 3.04. The molecule has 4 nitrogen and oxygen atoms in total. The van der Waals surface area contributed by atoms with Crippen molar-refractivity contribution in [1.29, 1.82) is 0 Å². The Labute approximate surface area is 109 Å². The quantitative estimate of drug-likeness (QED) is 0.842. The second-order valence-corrected chi connectivity index (χ2v) is 5.94. The van der Waals surface area contributed by atoms with Crippen LogP contribution in [0.4, 0.5) is 4.79 Å². The topological polar surface area (TPSA) is 55.4 Å². The molecule has 1 N–H and O–H groups in total. The number of amides is 1. The molecular formula is C14H24NO3. The number of nitrogens with one attached hydrogen (secondary N) is 1. The Kier molecular flexibility index (Phi) is 5.17. The zero-order valence-corrected chi connectivity index (χ0v) is 11.6. The molecule has 1 saturated carbocycles. The minimum absolute atomic E-state index is 0.0283. The van der Waals surface area contributed by atoms with Crippen molar-refractivity contribution in [3.8, 4) is 0 Å². The predicted octanol–water partition coefficient (Wildman–Crippen LogP) is 2.86. The molecule has 1 atom stereocenters. The van der Waals surface area contributed by atoms with Gasteiger partial charge in [0.2, 0.25) is 0 Å². The van der Waals surface area contributed by atoms with E-state index in [0.717, 1.165) is 25.7 Å². The molecule has 1 aliphatic rings. The molecule has 0 unspecified atom stereocenters. The minimum Gasteiger partial charge on any atom is -0.444 e. The third-order valence-electron chi connectivity index (χ3n) is 3.04. The lowest BCUT2D eigenvalue weighted by molar-refractivity contribution is -0.124. The van der Waals surface area contributed by atoms with Crippen LogP contribution < -0.4 is 5.32 Å². The largest absolute Gasteiger partial charge is 0.444 e. The number of hydrogen-bond acceptors (Lipinski definition) is 3. The van der Waals surface area contributed by atoms with Crippen molar-refractivity contribution in [3.05, 3.63) is 6.92 Å². The maximum absolute atomic E-state index is 12.1. The maximum atomic E-state index is 12.1. The number of alkyl carbamates (subject to hydrolysis) is 1. The number of hydrogen-bond donors (Lipinski definition) is 1. The van der Waals surface area contributed by atoms with Gasteiger partial charge in [-0.05, 0) is 40.5 Å². The van der Waals surface area contributed by atoms with Gasteiger partial charge in [-0.15, -0.1) is 0 Å². The van der Waals surface area contributed by atoms with E-state index < -0.39 is 17.7 Å². The summed E-state index contributed by atoms with van der Waals surface area (Å²) in [7, 11) is 0. The lowest BCUT2D eigenvalue weighted by Crippen LogP contribution is -2.44. The van der Waals surface area contributed by atoms with Crippen LogP contribution in [-0.2, 0) is 9.53 Å². The fraction of sp³-hybridized carbons (Fsp3) is 0.786. The number of carbonyl (C=O) groups is 2. The lowest BCUT2D eigenvalue weighted by atomic mass is 9.84. The molecule has 18 heavy (non-hydrogen) atoms. The van der Waals surface area contributed by atoms with Crippen molar-refractivity contribution in [1.82, 2.24) is 5.32 Å². The van der Waals surface area contributed by atoms with E-state index in [2.05, 4.69) is 12.2 Å². The molecule has 1 amide bonds. The Morgan fingerprint density at radius 2 is 1.78 bits per heavy atom. The van der Waals surface area contributed by atoms with Crippen LogP contribution in [0, 0.1) is 12.8 Å². The highest BCUT2D eigenvalue weighted by Crippen LogP contribution is 2.25. The van der Waals surface area contributed by atoms with Gasteiger partial charge in [0.15, 0.2) is 5.78 Å². The van der Waals surface area contributed by atoms with E-state index in [9.17, 15) is 9.59 Å². The van der Waals surface area contributed by atoms with E-state index in [1.54, 1.807) is 20.8 Å². The fourth-order valence-corrected chi connectivity index (χ4v) is 2.19. The molecule has 0 bridgehead atoms. The number of ether oxygens (including phenoxy) is 1. The lowest BCUT2D eigenvalue weighted by Gasteiger charge is -2.25. The van der Waals surface area contributed by atoms with Gasteiger partial charge in [0.25, 0.3) is 0 Å². The summed E-state index contributed by atoms with van der Waals surface area (Å²) >= 11 is 0. The third kappa shape index (κ3) is 5.07. The molecule has 1 aliphatic carbocycles. The summed E-state index contributed by atoms with van der Waals surface area (Å²) in [5.74, 6) is 0.0803. The van der Waals surface area contributed by atoms with E-state index in [0.29, 0.717) is 0 Å². The average Bonchev–Trinajstić information content (AvgIpc) is 2.26. The Hall–Kier alpha value is -1.06. The molecule has 1 radical (unpaired) electrons. The SMILES string of the molecule is [CH2][C@H](NC(=O)OC(C)(C)C)C(=O)C1CCCCC1. The molecule has 0 aromatic rings. The van der Waals surface area contributed by atoms with Gasteiger partial charge in [-0.3, -0.25) is 4.79 Å². The molecule has 1 rings (SSSR count). The van der Waals surface area contributed by atoms with Crippen LogP contribution in [0.25, 0.3) is 0 Å². The van der Waals surface area contributed by atoms with Gasteiger partial charge in [0.05, 0.1) is 6.04 Å². The molecule has 0 aromatic heterocycles. The Morgan fingerprint density at radius 1 is 1.22 bits per heavy atom. The van der Waals surface area contributed by atoms with Crippen LogP contribution in [0.15, 0.2) is 0 Å². The molecule has 1 fully saturated rings. The molecular weight excluding hydrogens is 230 g/mol. The van der Waals surface area contributed by atoms with Crippen molar-refractivity contribution < 1.29 is 14.3 Å². The monoisotopic (exact) mass is 254 g/mol. The van der Waals surface area contributed by atoms with Gasteiger partial charge in [0, 0.05) is 5.92 Å². The van der Waals surface area contributed by atoms with E-state index in [1.807, 2.05) is 0 Å². The molecule has 0 heterocycles. The van der Waals surface area contributed by atoms with Crippen molar-refractivity contribution in [2.75, 3.05) is 0 Å². The normalized spacial score (nSPS) is 19.1. The fourth-order valence-electron chi connectivity index (χ4n) is 2.19.